The van der Waals surface area contributed by atoms with Gasteiger partial charge in [0.1, 0.15) is 5.75 Å². The summed E-state index contributed by atoms with van der Waals surface area (Å²) in [5, 5.41) is -0.328. The van der Waals surface area contributed by atoms with Gasteiger partial charge in [-0.25, -0.2) is 4.79 Å². The molecule has 0 saturated carbocycles. The Kier molecular flexibility index (Phi) is 8.35. The fraction of sp³-hybridized carbons (Fsp3) is 0.179. The number of hydrogen-bond acceptors (Lipinski definition) is 7. The van der Waals surface area contributed by atoms with Crippen LogP contribution in [0.25, 0.3) is 6.08 Å². The Morgan fingerprint density at radius 3 is 2.41 bits per heavy atom. The number of imide groups is 1. The second kappa shape index (κ2) is 11.7. The quantitative estimate of drug-likeness (QED) is 0.168. The number of rotatable bonds is 8. The number of methoxy groups -OCH3 is 1. The maximum Gasteiger partial charge on any atom is 0.343 e. The molecule has 0 aromatic heterocycles. The van der Waals surface area contributed by atoms with Crippen LogP contribution < -0.4 is 14.2 Å². The molecule has 3 aromatic rings. The lowest BCUT2D eigenvalue weighted by atomic mass is 10.1. The maximum atomic E-state index is 13.0. The Balaban J connectivity index is 1.56. The van der Waals surface area contributed by atoms with Gasteiger partial charge in [0, 0.05) is 0 Å². The molecule has 1 aliphatic rings. The average molecular weight is 582 g/mol. The van der Waals surface area contributed by atoms with E-state index in [1.165, 1.54) is 4.90 Å². The van der Waals surface area contributed by atoms with E-state index in [4.69, 9.17) is 14.2 Å². The second-order valence-corrected chi connectivity index (χ2v) is 9.98. The summed E-state index contributed by atoms with van der Waals surface area (Å²) in [7, 11) is 1.55. The molecule has 3 aromatic carbocycles. The Hall–Kier alpha value is -3.56. The molecule has 1 aliphatic heterocycles. The van der Waals surface area contributed by atoms with Crippen molar-refractivity contribution >= 4 is 50.9 Å². The summed E-state index contributed by atoms with van der Waals surface area (Å²) in [6, 6.07) is 17.6. The van der Waals surface area contributed by atoms with Crippen LogP contribution in [0.4, 0.5) is 4.79 Å². The molecule has 2 amide bonds. The van der Waals surface area contributed by atoms with Gasteiger partial charge in [0.25, 0.3) is 11.1 Å². The molecule has 0 unspecified atom stereocenters. The van der Waals surface area contributed by atoms with Gasteiger partial charge >= 0.3 is 5.97 Å². The largest absolute Gasteiger partial charge is 0.497 e. The van der Waals surface area contributed by atoms with Crippen molar-refractivity contribution in [3.05, 3.63) is 92.3 Å². The van der Waals surface area contributed by atoms with Gasteiger partial charge in [0.05, 0.1) is 35.2 Å². The second-order valence-electron chi connectivity index (χ2n) is 8.13. The predicted octanol–water partition coefficient (Wildman–Crippen LogP) is 6.62. The number of amides is 2. The van der Waals surface area contributed by atoms with E-state index in [-0.39, 0.29) is 23.4 Å². The molecule has 0 aliphatic carbocycles. The third kappa shape index (κ3) is 6.23. The lowest BCUT2D eigenvalue weighted by Crippen LogP contribution is -2.27. The molecule has 0 N–H and O–H groups in total. The first-order chi connectivity index (χ1) is 17.8. The van der Waals surface area contributed by atoms with Gasteiger partial charge in [-0.3, -0.25) is 14.5 Å². The molecule has 0 bridgehead atoms. The third-order valence-electron chi connectivity index (χ3n) is 5.48. The van der Waals surface area contributed by atoms with Gasteiger partial charge in [0.15, 0.2) is 11.5 Å². The highest BCUT2D eigenvalue weighted by Gasteiger charge is 2.35. The van der Waals surface area contributed by atoms with Gasteiger partial charge in [-0.2, -0.15) is 0 Å². The van der Waals surface area contributed by atoms with Crippen molar-refractivity contribution in [1.82, 2.24) is 4.90 Å². The number of thioether (sulfide) groups is 1. The highest BCUT2D eigenvalue weighted by Crippen LogP contribution is 2.40. The summed E-state index contributed by atoms with van der Waals surface area (Å²) in [6.45, 7) is 4.32. The minimum absolute atomic E-state index is 0.205. The number of esters is 1. The average Bonchev–Trinajstić information content (AvgIpc) is 3.14. The molecular weight excluding hydrogens is 558 g/mol. The van der Waals surface area contributed by atoms with E-state index < -0.39 is 5.97 Å². The lowest BCUT2D eigenvalue weighted by molar-refractivity contribution is -0.123. The summed E-state index contributed by atoms with van der Waals surface area (Å²) >= 11 is 4.34. The monoisotopic (exact) mass is 581 g/mol. The summed E-state index contributed by atoms with van der Waals surface area (Å²) in [4.78, 5) is 39.8. The normalized spacial score (nSPS) is 14.3. The molecule has 0 spiro atoms. The van der Waals surface area contributed by atoms with Gasteiger partial charge in [-0.05, 0) is 95.1 Å². The van der Waals surface area contributed by atoms with E-state index in [0.29, 0.717) is 38.6 Å². The zero-order valence-corrected chi connectivity index (χ0v) is 22.9. The zero-order valence-electron chi connectivity index (χ0n) is 20.4. The van der Waals surface area contributed by atoms with E-state index in [0.717, 1.165) is 22.9 Å². The van der Waals surface area contributed by atoms with Crippen LogP contribution in [0.5, 0.6) is 17.2 Å². The number of carbonyl (C=O) groups excluding carboxylic acids is 3. The summed E-state index contributed by atoms with van der Waals surface area (Å²) in [6.07, 6.45) is 1.63. The van der Waals surface area contributed by atoms with Gasteiger partial charge in [-0.15, -0.1) is 0 Å². The van der Waals surface area contributed by atoms with Gasteiger partial charge in [-0.1, -0.05) is 29.8 Å². The van der Waals surface area contributed by atoms with Crippen molar-refractivity contribution in [3.8, 4) is 17.2 Å². The fourth-order valence-corrected chi connectivity index (χ4v) is 4.95. The van der Waals surface area contributed by atoms with Crippen LogP contribution in [-0.4, -0.2) is 35.7 Å². The van der Waals surface area contributed by atoms with Crippen molar-refractivity contribution in [2.45, 2.75) is 20.4 Å². The Morgan fingerprint density at radius 1 is 1.05 bits per heavy atom. The molecule has 9 heteroatoms. The molecule has 1 saturated heterocycles. The SMILES string of the molecule is CCOc1cc(/C=C2\SC(=O)N(Cc3ccc(C)cc3)C2=O)cc(Br)c1OC(=O)c1ccc(OC)cc1. The molecule has 4 rings (SSSR count). The van der Waals surface area contributed by atoms with Crippen LogP contribution >= 0.6 is 27.7 Å². The summed E-state index contributed by atoms with van der Waals surface area (Å²) in [5.74, 6) is 0.241. The number of ether oxygens (including phenoxy) is 3. The highest BCUT2D eigenvalue weighted by atomic mass is 79.9. The molecule has 0 radical (unpaired) electrons. The fourth-order valence-electron chi connectivity index (χ4n) is 3.58. The van der Waals surface area contributed by atoms with Crippen LogP contribution in [0.1, 0.15) is 34.0 Å². The number of benzene rings is 3. The minimum Gasteiger partial charge on any atom is -0.497 e. The van der Waals surface area contributed by atoms with Crippen molar-refractivity contribution in [2.75, 3.05) is 13.7 Å². The van der Waals surface area contributed by atoms with E-state index in [1.807, 2.05) is 38.1 Å². The van der Waals surface area contributed by atoms with E-state index in [9.17, 15) is 14.4 Å². The van der Waals surface area contributed by atoms with Crippen LogP contribution in [0, 0.1) is 6.92 Å². The number of nitrogens with zero attached hydrogens (tertiary/aromatic N) is 1. The number of carbonyl (C=O) groups is 3. The standard InChI is InChI=1S/C28H24BrNO6S/c1-4-35-23-14-19(13-22(29)25(23)36-27(32)20-9-11-21(34-3)12-10-20)15-24-26(31)30(28(33)37-24)16-18-7-5-17(2)6-8-18/h5-15H,4,16H2,1-3H3/b24-15-. The van der Waals surface area contributed by atoms with Crippen molar-refractivity contribution in [1.29, 1.82) is 0 Å². The van der Waals surface area contributed by atoms with Crippen LogP contribution in [0.3, 0.4) is 0 Å². The predicted molar refractivity (Wildman–Crippen MR) is 146 cm³/mol. The van der Waals surface area contributed by atoms with Crippen LogP contribution in [0.15, 0.2) is 70.0 Å². The molecule has 0 atom stereocenters. The summed E-state index contributed by atoms with van der Waals surface area (Å²) < 4.78 is 17.0. The first kappa shape index (κ1) is 26.5. The van der Waals surface area contributed by atoms with Crippen molar-refractivity contribution in [2.24, 2.45) is 0 Å². The highest BCUT2D eigenvalue weighted by molar-refractivity contribution is 9.10. The van der Waals surface area contributed by atoms with Crippen LogP contribution in [0.2, 0.25) is 0 Å². The van der Waals surface area contributed by atoms with Crippen LogP contribution in [-0.2, 0) is 11.3 Å². The Bertz CT molecular complexity index is 1370. The van der Waals surface area contributed by atoms with E-state index in [1.54, 1.807) is 49.6 Å². The minimum atomic E-state index is -0.561. The first-order valence-electron chi connectivity index (χ1n) is 11.4. The van der Waals surface area contributed by atoms with E-state index >= 15 is 0 Å². The Labute approximate surface area is 227 Å². The molecule has 1 heterocycles. The van der Waals surface area contributed by atoms with Crippen molar-refractivity contribution in [3.63, 3.8) is 0 Å². The Morgan fingerprint density at radius 2 is 1.76 bits per heavy atom. The topological polar surface area (TPSA) is 82.1 Å². The smallest absolute Gasteiger partial charge is 0.343 e. The van der Waals surface area contributed by atoms with Crippen molar-refractivity contribution < 1.29 is 28.6 Å². The maximum absolute atomic E-state index is 13.0. The third-order valence-corrected chi connectivity index (χ3v) is 6.98. The molecule has 190 valence electrons. The number of halogens is 1. The molecule has 1 fully saturated rings. The van der Waals surface area contributed by atoms with Gasteiger partial charge in [0.2, 0.25) is 0 Å². The number of hydrogen-bond donors (Lipinski definition) is 0. The number of aryl methyl sites for hydroxylation is 1. The molecule has 37 heavy (non-hydrogen) atoms. The first-order valence-corrected chi connectivity index (χ1v) is 13.0. The molecule has 7 nitrogen and oxygen atoms in total. The van der Waals surface area contributed by atoms with Gasteiger partial charge < -0.3 is 14.2 Å². The van der Waals surface area contributed by atoms with E-state index in [2.05, 4.69) is 15.9 Å². The zero-order chi connectivity index (χ0) is 26.5. The summed E-state index contributed by atoms with van der Waals surface area (Å²) in [5.41, 5.74) is 2.94. The molecular formula is C28H24BrNO6S. The lowest BCUT2D eigenvalue weighted by Gasteiger charge is -2.14.